The maximum atomic E-state index is 13.6. The standard InChI is InChI=1S/C30H40O14/c1-13(31)25(36)41-12-19-22(33)23(34)24(35)28(43-19)44-21-9-16-27(38)42-18(14-5-6-40-11-14)10-29(16,2)20-8-15(32)7-17(26(37)39-4)30(20,21)3/h5-7,11,13,15-16,18-24,28,31-35H,8-10,12H2,1-4H3. The molecule has 13 atom stereocenters. The zero-order chi connectivity index (χ0) is 32.1. The molecule has 0 bridgehead atoms. The van der Waals surface area contributed by atoms with Crippen molar-refractivity contribution in [1.82, 2.24) is 0 Å². The SMILES string of the molecule is COC(=O)C1=CC(O)CC2C3(C)CC(c4ccoc4)OC(=O)C3CC(OC3OC(COC(=O)C(C)O)C(O)C(O)C3O)C12C. The van der Waals surface area contributed by atoms with Gasteiger partial charge in [-0.25, -0.2) is 9.59 Å². The van der Waals surface area contributed by atoms with E-state index in [9.17, 15) is 39.9 Å². The van der Waals surface area contributed by atoms with E-state index in [-0.39, 0.29) is 18.4 Å². The summed E-state index contributed by atoms with van der Waals surface area (Å²) in [6, 6.07) is 1.71. The van der Waals surface area contributed by atoms with Gasteiger partial charge in [0.15, 0.2) is 6.29 Å². The Balaban J connectivity index is 1.50. The van der Waals surface area contributed by atoms with Gasteiger partial charge >= 0.3 is 17.9 Å². The lowest BCUT2D eigenvalue weighted by atomic mass is 9.44. The fourth-order valence-corrected chi connectivity index (χ4v) is 7.60. The van der Waals surface area contributed by atoms with Crippen molar-refractivity contribution in [2.75, 3.05) is 13.7 Å². The van der Waals surface area contributed by atoms with Crippen LogP contribution in [0.25, 0.3) is 0 Å². The molecule has 2 aliphatic carbocycles. The molecule has 0 amide bonds. The van der Waals surface area contributed by atoms with Gasteiger partial charge in [0.05, 0.1) is 37.8 Å². The predicted octanol–water partition coefficient (Wildman–Crippen LogP) is -0.103. The van der Waals surface area contributed by atoms with Crippen LogP contribution in [0.4, 0.5) is 0 Å². The zero-order valence-electron chi connectivity index (χ0n) is 24.9. The highest BCUT2D eigenvalue weighted by Gasteiger charge is 2.67. The molecule has 1 aromatic rings. The molecule has 3 fully saturated rings. The molecule has 2 aliphatic heterocycles. The summed E-state index contributed by atoms with van der Waals surface area (Å²) in [5.41, 5.74) is -1.21. The normalized spacial score (nSPS) is 42.7. The molecule has 13 unspecified atom stereocenters. The smallest absolute Gasteiger partial charge is 0.334 e. The summed E-state index contributed by atoms with van der Waals surface area (Å²) >= 11 is 0. The van der Waals surface area contributed by atoms with E-state index in [1.54, 1.807) is 13.0 Å². The first-order valence-corrected chi connectivity index (χ1v) is 14.6. The first kappa shape index (κ1) is 32.5. The van der Waals surface area contributed by atoms with E-state index in [0.29, 0.717) is 12.0 Å². The third-order valence-electron chi connectivity index (χ3n) is 10.0. The summed E-state index contributed by atoms with van der Waals surface area (Å²) in [5, 5.41) is 52.4. The lowest BCUT2D eigenvalue weighted by molar-refractivity contribution is -0.330. The molecule has 2 saturated heterocycles. The third kappa shape index (κ3) is 5.46. The van der Waals surface area contributed by atoms with Gasteiger partial charge in [0.25, 0.3) is 0 Å². The number of fused-ring (bicyclic) bond motifs is 3. The van der Waals surface area contributed by atoms with Crippen LogP contribution in [0.15, 0.2) is 34.7 Å². The summed E-state index contributed by atoms with van der Waals surface area (Å²) in [6.45, 7) is 4.32. The Morgan fingerprint density at radius 3 is 2.48 bits per heavy atom. The molecule has 5 rings (SSSR count). The van der Waals surface area contributed by atoms with Crippen molar-refractivity contribution in [3.8, 4) is 0 Å². The Morgan fingerprint density at radius 1 is 1.11 bits per heavy atom. The van der Waals surface area contributed by atoms with Crippen LogP contribution >= 0.6 is 0 Å². The van der Waals surface area contributed by atoms with Crippen LogP contribution in [-0.2, 0) is 38.1 Å². The molecule has 14 nitrogen and oxygen atoms in total. The van der Waals surface area contributed by atoms with Crippen LogP contribution in [-0.4, -0.2) is 106 Å². The number of ether oxygens (including phenoxy) is 5. The second-order valence-corrected chi connectivity index (χ2v) is 12.6. The van der Waals surface area contributed by atoms with Gasteiger partial charge in [0.1, 0.15) is 43.2 Å². The fourth-order valence-electron chi connectivity index (χ4n) is 7.60. The maximum Gasteiger partial charge on any atom is 0.334 e. The number of carbonyl (C=O) groups is 3. The Morgan fingerprint density at radius 2 is 1.84 bits per heavy atom. The summed E-state index contributed by atoms with van der Waals surface area (Å²) in [4.78, 5) is 38.7. The van der Waals surface area contributed by atoms with Crippen molar-refractivity contribution in [1.29, 1.82) is 0 Å². The molecule has 14 heteroatoms. The molecule has 44 heavy (non-hydrogen) atoms. The largest absolute Gasteiger partial charge is 0.472 e. The van der Waals surface area contributed by atoms with Crippen LogP contribution in [0.1, 0.15) is 51.7 Å². The number of rotatable bonds is 7. The average molecular weight is 625 g/mol. The first-order chi connectivity index (χ1) is 20.7. The Labute approximate surface area is 253 Å². The van der Waals surface area contributed by atoms with Crippen LogP contribution in [0.2, 0.25) is 0 Å². The van der Waals surface area contributed by atoms with E-state index < -0.39 is 102 Å². The van der Waals surface area contributed by atoms with Gasteiger partial charge in [0, 0.05) is 16.6 Å². The highest BCUT2D eigenvalue weighted by Crippen LogP contribution is 2.65. The van der Waals surface area contributed by atoms with Crippen molar-refractivity contribution in [3.05, 3.63) is 35.8 Å². The number of aliphatic hydroxyl groups excluding tert-OH is 5. The molecule has 0 spiro atoms. The number of hydrogen-bond donors (Lipinski definition) is 5. The summed E-state index contributed by atoms with van der Waals surface area (Å²) in [5.74, 6) is -3.50. The molecular formula is C30H40O14. The second kappa shape index (κ2) is 12.2. The van der Waals surface area contributed by atoms with Gasteiger partial charge in [0.2, 0.25) is 0 Å². The molecule has 1 saturated carbocycles. The third-order valence-corrected chi connectivity index (χ3v) is 10.0. The lowest BCUT2D eigenvalue weighted by Crippen LogP contribution is -2.65. The number of esters is 3. The molecule has 1 aromatic heterocycles. The predicted molar refractivity (Wildman–Crippen MR) is 145 cm³/mol. The van der Waals surface area contributed by atoms with Crippen molar-refractivity contribution in [2.24, 2.45) is 22.7 Å². The maximum absolute atomic E-state index is 13.6. The van der Waals surface area contributed by atoms with Gasteiger partial charge in [-0.05, 0) is 49.7 Å². The van der Waals surface area contributed by atoms with Gasteiger partial charge in [-0.15, -0.1) is 0 Å². The summed E-state index contributed by atoms with van der Waals surface area (Å²) < 4.78 is 33.2. The van der Waals surface area contributed by atoms with Crippen molar-refractivity contribution in [3.63, 3.8) is 0 Å². The van der Waals surface area contributed by atoms with E-state index in [1.807, 2.05) is 6.92 Å². The van der Waals surface area contributed by atoms with Crippen molar-refractivity contribution < 1.29 is 68.0 Å². The van der Waals surface area contributed by atoms with Crippen LogP contribution in [0, 0.1) is 22.7 Å². The zero-order valence-corrected chi connectivity index (χ0v) is 24.9. The van der Waals surface area contributed by atoms with E-state index >= 15 is 0 Å². The Bertz CT molecular complexity index is 1260. The molecule has 4 aliphatic rings. The number of methoxy groups -OCH3 is 1. The van der Waals surface area contributed by atoms with Gasteiger partial charge in [-0.2, -0.15) is 0 Å². The van der Waals surface area contributed by atoms with E-state index in [0.717, 1.165) is 0 Å². The number of cyclic esters (lactones) is 1. The van der Waals surface area contributed by atoms with Crippen molar-refractivity contribution >= 4 is 17.9 Å². The number of carbonyl (C=O) groups excluding carboxylic acids is 3. The average Bonchev–Trinajstić information content (AvgIpc) is 3.52. The van der Waals surface area contributed by atoms with Gasteiger partial charge in [-0.1, -0.05) is 13.8 Å². The van der Waals surface area contributed by atoms with Crippen LogP contribution in [0.3, 0.4) is 0 Å². The minimum absolute atomic E-state index is 0.0117. The number of aliphatic hydroxyl groups is 5. The molecule has 244 valence electrons. The first-order valence-electron chi connectivity index (χ1n) is 14.6. The summed E-state index contributed by atoms with van der Waals surface area (Å²) in [6.07, 6.45) is -7.36. The number of hydrogen-bond acceptors (Lipinski definition) is 14. The summed E-state index contributed by atoms with van der Waals surface area (Å²) in [7, 11) is 1.21. The second-order valence-electron chi connectivity index (χ2n) is 12.6. The monoisotopic (exact) mass is 624 g/mol. The minimum Gasteiger partial charge on any atom is -0.472 e. The molecular weight excluding hydrogens is 584 g/mol. The van der Waals surface area contributed by atoms with Crippen LogP contribution in [0.5, 0.6) is 0 Å². The molecule has 5 N–H and O–H groups in total. The van der Waals surface area contributed by atoms with Gasteiger partial charge < -0.3 is 53.6 Å². The van der Waals surface area contributed by atoms with E-state index in [4.69, 9.17) is 28.1 Å². The van der Waals surface area contributed by atoms with E-state index in [1.165, 1.54) is 32.6 Å². The lowest BCUT2D eigenvalue weighted by Gasteiger charge is -2.62. The highest BCUT2D eigenvalue weighted by molar-refractivity contribution is 5.91. The van der Waals surface area contributed by atoms with Gasteiger partial charge in [-0.3, -0.25) is 4.79 Å². The molecule has 0 radical (unpaired) electrons. The van der Waals surface area contributed by atoms with E-state index in [2.05, 4.69) is 0 Å². The Kier molecular flexibility index (Phi) is 8.99. The topological polar surface area (TPSA) is 212 Å². The molecule has 3 heterocycles. The Hall–Kier alpha value is -2.85. The van der Waals surface area contributed by atoms with Crippen molar-refractivity contribution in [2.45, 2.75) is 95.2 Å². The minimum atomic E-state index is -1.78. The number of furan rings is 1. The molecule has 0 aromatic carbocycles. The fraction of sp³-hybridized carbons (Fsp3) is 0.700. The highest BCUT2D eigenvalue weighted by atomic mass is 16.7. The quantitative estimate of drug-likeness (QED) is 0.198. The van der Waals surface area contributed by atoms with Crippen LogP contribution < -0.4 is 0 Å².